The SMILES string of the molecule is CC1=C(C(=O)OCc2ccccc2)C(c2c(Br)sc3ccccc23)n2nnnc2N1. The van der Waals surface area contributed by atoms with Gasteiger partial charge in [0.25, 0.3) is 0 Å². The first-order chi connectivity index (χ1) is 14.6. The fourth-order valence-electron chi connectivity index (χ4n) is 3.63. The highest BCUT2D eigenvalue weighted by atomic mass is 79.9. The quantitative estimate of drug-likeness (QED) is 0.426. The number of fused-ring (bicyclic) bond motifs is 2. The minimum Gasteiger partial charge on any atom is -0.457 e. The van der Waals surface area contributed by atoms with Gasteiger partial charge in [-0.25, -0.2) is 4.79 Å². The summed E-state index contributed by atoms with van der Waals surface area (Å²) in [6.45, 7) is 2.03. The van der Waals surface area contributed by atoms with Crippen molar-refractivity contribution in [2.45, 2.75) is 19.6 Å². The Bertz CT molecular complexity index is 1280. The molecule has 1 aliphatic heterocycles. The van der Waals surface area contributed by atoms with Gasteiger partial charge in [0.15, 0.2) is 0 Å². The number of thiophene rings is 1. The lowest BCUT2D eigenvalue weighted by molar-refractivity contribution is -0.140. The van der Waals surface area contributed by atoms with Gasteiger partial charge in [-0.15, -0.1) is 11.3 Å². The van der Waals surface area contributed by atoms with Crippen LogP contribution in [0, 0.1) is 0 Å². The van der Waals surface area contributed by atoms with Gasteiger partial charge in [-0.05, 0) is 50.3 Å². The molecule has 0 bridgehead atoms. The standard InChI is InChI=1S/C21H16BrN5O2S/c1-12-16(20(28)29-11-13-7-3-2-4-8-13)18(27-21(23-12)24-25-26-27)17-14-9-5-6-10-15(14)30-19(17)22/h2-10,18H,11H2,1H3,(H,23,24,26). The van der Waals surface area contributed by atoms with Crippen LogP contribution in [-0.4, -0.2) is 26.2 Å². The van der Waals surface area contributed by atoms with Crippen LogP contribution in [0.4, 0.5) is 5.95 Å². The van der Waals surface area contributed by atoms with Crippen LogP contribution in [0.25, 0.3) is 10.1 Å². The lowest BCUT2D eigenvalue weighted by atomic mass is 9.95. The average molecular weight is 482 g/mol. The zero-order valence-electron chi connectivity index (χ0n) is 15.9. The Balaban J connectivity index is 1.59. The molecule has 0 amide bonds. The molecule has 3 heterocycles. The molecule has 2 aromatic carbocycles. The predicted molar refractivity (Wildman–Crippen MR) is 118 cm³/mol. The molecule has 0 radical (unpaired) electrons. The molecule has 0 spiro atoms. The molecule has 0 saturated heterocycles. The van der Waals surface area contributed by atoms with Crippen molar-refractivity contribution in [1.29, 1.82) is 0 Å². The number of esters is 1. The fourth-order valence-corrected chi connectivity index (χ4v) is 5.55. The number of hydrogen-bond donors (Lipinski definition) is 1. The Morgan fingerprint density at radius 3 is 2.80 bits per heavy atom. The van der Waals surface area contributed by atoms with Gasteiger partial charge in [0, 0.05) is 16.0 Å². The summed E-state index contributed by atoms with van der Waals surface area (Å²) < 4.78 is 9.35. The van der Waals surface area contributed by atoms with Crippen LogP contribution >= 0.6 is 27.3 Å². The van der Waals surface area contributed by atoms with E-state index in [4.69, 9.17) is 4.74 Å². The number of carbonyl (C=O) groups excluding carboxylic acids is 1. The molecule has 2 aromatic heterocycles. The lowest BCUT2D eigenvalue weighted by Crippen LogP contribution is -2.29. The summed E-state index contributed by atoms with van der Waals surface area (Å²) in [5.74, 6) is 0.0801. The predicted octanol–water partition coefficient (Wildman–Crippen LogP) is 4.68. The molecule has 0 aliphatic carbocycles. The van der Waals surface area contributed by atoms with E-state index >= 15 is 0 Å². The van der Waals surface area contributed by atoms with Crippen LogP contribution in [-0.2, 0) is 16.1 Å². The number of halogens is 1. The van der Waals surface area contributed by atoms with Gasteiger partial charge < -0.3 is 10.1 Å². The summed E-state index contributed by atoms with van der Waals surface area (Å²) in [5.41, 5.74) is 3.02. The van der Waals surface area contributed by atoms with Crippen LogP contribution in [0.2, 0.25) is 0 Å². The zero-order chi connectivity index (χ0) is 20.7. The summed E-state index contributed by atoms with van der Waals surface area (Å²) >= 11 is 5.31. The second-order valence-electron chi connectivity index (χ2n) is 6.86. The molecule has 1 unspecified atom stereocenters. The first kappa shape index (κ1) is 19.0. The van der Waals surface area contributed by atoms with Crippen molar-refractivity contribution in [3.63, 3.8) is 0 Å². The van der Waals surface area contributed by atoms with Crippen molar-refractivity contribution in [2.24, 2.45) is 0 Å². The number of allylic oxidation sites excluding steroid dienone is 1. The second-order valence-corrected chi connectivity index (χ2v) is 9.23. The summed E-state index contributed by atoms with van der Waals surface area (Å²) in [5, 5.41) is 16.2. The molecular formula is C21H16BrN5O2S. The zero-order valence-corrected chi connectivity index (χ0v) is 18.3. The Morgan fingerprint density at radius 1 is 1.20 bits per heavy atom. The van der Waals surface area contributed by atoms with Gasteiger partial charge in [0.2, 0.25) is 5.95 Å². The number of benzene rings is 2. The van der Waals surface area contributed by atoms with Gasteiger partial charge in [-0.3, -0.25) is 0 Å². The Morgan fingerprint density at radius 2 is 1.97 bits per heavy atom. The minimum atomic E-state index is -0.509. The molecule has 1 atom stereocenters. The van der Waals surface area contributed by atoms with E-state index in [1.54, 1.807) is 16.0 Å². The van der Waals surface area contributed by atoms with Crippen molar-refractivity contribution >= 4 is 49.3 Å². The van der Waals surface area contributed by atoms with E-state index in [2.05, 4.69) is 42.8 Å². The number of nitrogens with zero attached hydrogens (tertiary/aromatic N) is 4. The van der Waals surface area contributed by atoms with Crippen molar-refractivity contribution in [1.82, 2.24) is 20.2 Å². The maximum atomic E-state index is 13.3. The van der Waals surface area contributed by atoms with E-state index in [-0.39, 0.29) is 6.61 Å². The summed E-state index contributed by atoms with van der Waals surface area (Å²) in [6, 6.07) is 17.2. The third kappa shape index (κ3) is 3.20. The van der Waals surface area contributed by atoms with E-state index in [1.165, 1.54) is 0 Å². The van der Waals surface area contributed by atoms with E-state index < -0.39 is 12.0 Å². The molecule has 5 rings (SSSR count). The molecule has 0 saturated carbocycles. The molecule has 4 aromatic rings. The molecule has 150 valence electrons. The maximum absolute atomic E-state index is 13.3. The molecule has 0 fully saturated rings. The van der Waals surface area contributed by atoms with Crippen molar-refractivity contribution in [2.75, 3.05) is 5.32 Å². The highest BCUT2D eigenvalue weighted by molar-refractivity contribution is 9.11. The summed E-state index contributed by atoms with van der Waals surface area (Å²) in [6.07, 6.45) is 0. The molecule has 9 heteroatoms. The highest BCUT2D eigenvalue weighted by Crippen LogP contribution is 2.45. The third-order valence-electron chi connectivity index (χ3n) is 5.01. The Labute approximate surface area is 184 Å². The van der Waals surface area contributed by atoms with Gasteiger partial charge in [0.1, 0.15) is 12.6 Å². The van der Waals surface area contributed by atoms with Crippen molar-refractivity contribution in [3.8, 4) is 0 Å². The van der Waals surface area contributed by atoms with Gasteiger partial charge in [0.05, 0.1) is 9.36 Å². The highest BCUT2D eigenvalue weighted by Gasteiger charge is 2.37. The van der Waals surface area contributed by atoms with Crippen LogP contribution in [0.1, 0.15) is 24.1 Å². The first-order valence-electron chi connectivity index (χ1n) is 9.27. The summed E-state index contributed by atoms with van der Waals surface area (Å²) in [4.78, 5) is 13.3. The fraction of sp³-hybridized carbons (Fsp3) is 0.143. The number of carbonyl (C=O) groups is 1. The van der Waals surface area contributed by atoms with Crippen LogP contribution in [0.5, 0.6) is 0 Å². The Kier molecular flexibility index (Phi) is 4.84. The number of rotatable bonds is 4. The number of tetrazole rings is 1. The van der Waals surface area contributed by atoms with Crippen LogP contribution in [0.15, 0.2) is 69.7 Å². The Hall–Kier alpha value is -3.04. The molecule has 1 aliphatic rings. The van der Waals surface area contributed by atoms with E-state index in [1.807, 2.05) is 55.5 Å². The second kappa shape index (κ2) is 7.66. The van der Waals surface area contributed by atoms with E-state index in [0.29, 0.717) is 17.2 Å². The van der Waals surface area contributed by atoms with Crippen LogP contribution in [0.3, 0.4) is 0 Å². The normalized spacial score (nSPS) is 15.7. The number of hydrogen-bond acceptors (Lipinski definition) is 7. The van der Waals surface area contributed by atoms with E-state index in [0.717, 1.165) is 25.0 Å². The number of ether oxygens (including phenoxy) is 1. The molecular weight excluding hydrogens is 466 g/mol. The molecule has 30 heavy (non-hydrogen) atoms. The number of anilines is 1. The molecule has 1 N–H and O–H groups in total. The van der Waals surface area contributed by atoms with Gasteiger partial charge in [-0.1, -0.05) is 53.6 Å². The van der Waals surface area contributed by atoms with Crippen molar-refractivity contribution < 1.29 is 9.53 Å². The third-order valence-corrected chi connectivity index (χ3v) is 6.90. The lowest BCUT2D eigenvalue weighted by Gasteiger charge is -2.27. The molecule has 7 nitrogen and oxygen atoms in total. The first-order valence-corrected chi connectivity index (χ1v) is 10.9. The minimum absolute atomic E-state index is 0.192. The van der Waals surface area contributed by atoms with Gasteiger partial charge in [-0.2, -0.15) is 4.68 Å². The van der Waals surface area contributed by atoms with E-state index in [9.17, 15) is 4.79 Å². The number of aromatic nitrogens is 4. The summed E-state index contributed by atoms with van der Waals surface area (Å²) in [7, 11) is 0. The average Bonchev–Trinajstić information content (AvgIpc) is 3.35. The van der Waals surface area contributed by atoms with Gasteiger partial charge >= 0.3 is 5.97 Å². The number of nitrogens with one attached hydrogen (secondary N) is 1. The maximum Gasteiger partial charge on any atom is 0.338 e. The topological polar surface area (TPSA) is 81.9 Å². The monoisotopic (exact) mass is 481 g/mol. The largest absolute Gasteiger partial charge is 0.457 e. The van der Waals surface area contributed by atoms with Crippen molar-refractivity contribution in [3.05, 3.63) is 80.8 Å². The van der Waals surface area contributed by atoms with Crippen LogP contribution < -0.4 is 5.32 Å². The smallest absolute Gasteiger partial charge is 0.338 e.